The van der Waals surface area contributed by atoms with Gasteiger partial charge < -0.3 is 4.74 Å². The minimum Gasteiger partial charge on any atom is -0.468 e. The largest absolute Gasteiger partial charge is 0.468 e. The quantitative estimate of drug-likeness (QED) is 0.602. The average Bonchev–Trinajstić information content (AvgIpc) is 3.28. The fourth-order valence-corrected chi connectivity index (χ4v) is 5.79. The average molecular weight is 417 g/mol. The first-order chi connectivity index (χ1) is 12.3. The maximum Gasteiger partial charge on any atom is 0.190 e. The summed E-state index contributed by atoms with van der Waals surface area (Å²) in [4.78, 5) is 1.26. The molecule has 0 amide bonds. The molecule has 130 valence electrons. The molecule has 2 aliphatic heterocycles. The van der Waals surface area contributed by atoms with Gasteiger partial charge in [-0.1, -0.05) is 37.5 Å². The van der Waals surface area contributed by atoms with Gasteiger partial charge in [-0.05, 0) is 47.0 Å². The highest BCUT2D eigenvalue weighted by molar-refractivity contribution is 9.11. The van der Waals surface area contributed by atoms with E-state index in [4.69, 9.17) is 9.84 Å². The van der Waals surface area contributed by atoms with E-state index in [9.17, 15) is 0 Å². The zero-order valence-corrected chi connectivity index (χ0v) is 16.4. The summed E-state index contributed by atoms with van der Waals surface area (Å²) >= 11 is 5.35. The van der Waals surface area contributed by atoms with Crippen LogP contribution in [0.25, 0.3) is 0 Å². The third-order valence-corrected chi connectivity index (χ3v) is 7.31. The molecule has 1 aliphatic carbocycles. The lowest BCUT2D eigenvalue weighted by Crippen LogP contribution is -2.45. The fourth-order valence-electron chi connectivity index (χ4n) is 4.41. The second kappa shape index (κ2) is 6.44. The molecule has 1 aromatic heterocycles. The van der Waals surface area contributed by atoms with Gasteiger partial charge in [-0.25, -0.2) is 5.01 Å². The molecule has 1 fully saturated rings. The van der Waals surface area contributed by atoms with Crippen LogP contribution in [0.4, 0.5) is 0 Å². The normalized spacial score (nSPS) is 26.0. The van der Waals surface area contributed by atoms with E-state index in [1.165, 1.54) is 48.3 Å². The highest BCUT2D eigenvalue weighted by atomic mass is 79.9. The molecule has 0 unspecified atom stereocenters. The van der Waals surface area contributed by atoms with Crippen LogP contribution in [-0.4, -0.2) is 16.9 Å². The molecule has 0 radical (unpaired) electrons. The molecular formula is C20H21BrN2OS. The zero-order valence-electron chi connectivity index (χ0n) is 14.0. The van der Waals surface area contributed by atoms with E-state index in [-0.39, 0.29) is 6.23 Å². The van der Waals surface area contributed by atoms with Crippen molar-refractivity contribution in [2.45, 2.75) is 50.8 Å². The first-order valence-corrected chi connectivity index (χ1v) is 10.8. The molecule has 25 heavy (non-hydrogen) atoms. The summed E-state index contributed by atoms with van der Waals surface area (Å²) in [6.45, 7) is 0. The number of thiophene rings is 1. The van der Waals surface area contributed by atoms with Gasteiger partial charge in [0.15, 0.2) is 6.23 Å². The summed E-state index contributed by atoms with van der Waals surface area (Å²) in [6.07, 6.45) is 7.56. The molecule has 3 nitrogen and oxygen atoms in total. The van der Waals surface area contributed by atoms with Gasteiger partial charge in [0, 0.05) is 17.9 Å². The summed E-state index contributed by atoms with van der Waals surface area (Å²) in [7, 11) is 0. The lowest BCUT2D eigenvalue weighted by molar-refractivity contribution is -0.0643. The summed E-state index contributed by atoms with van der Waals surface area (Å²) in [6, 6.07) is 13.1. The molecule has 3 heterocycles. The highest BCUT2D eigenvalue weighted by Gasteiger charge is 2.43. The van der Waals surface area contributed by atoms with E-state index in [0.717, 1.165) is 16.0 Å². The summed E-state index contributed by atoms with van der Waals surface area (Å²) in [5.74, 6) is 1.64. The summed E-state index contributed by atoms with van der Waals surface area (Å²) < 4.78 is 7.65. The number of hydrazone groups is 1. The second-order valence-electron chi connectivity index (χ2n) is 7.19. The number of para-hydroxylation sites is 1. The van der Waals surface area contributed by atoms with Gasteiger partial charge in [-0.3, -0.25) is 0 Å². The molecule has 2 atom stereocenters. The number of fused-ring (bicyclic) bond motifs is 3. The van der Waals surface area contributed by atoms with Crippen LogP contribution >= 0.6 is 27.3 Å². The highest BCUT2D eigenvalue weighted by Crippen LogP contribution is 2.46. The smallest absolute Gasteiger partial charge is 0.190 e. The molecule has 5 heteroatoms. The number of ether oxygens (including phenoxy) is 1. The predicted octanol–water partition coefficient (Wildman–Crippen LogP) is 5.96. The minimum atomic E-state index is 0.0844. The van der Waals surface area contributed by atoms with Gasteiger partial charge in [0.1, 0.15) is 5.75 Å². The van der Waals surface area contributed by atoms with Gasteiger partial charge in [0.05, 0.1) is 20.4 Å². The fraction of sp³-hybridized carbons (Fsp3) is 0.450. The van der Waals surface area contributed by atoms with Crippen molar-refractivity contribution in [2.24, 2.45) is 11.0 Å². The van der Waals surface area contributed by atoms with Gasteiger partial charge in [0.2, 0.25) is 0 Å². The van der Waals surface area contributed by atoms with Crippen LogP contribution in [0, 0.1) is 5.92 Å². The Labute approximate surface area is 160 Å². The number of nitrogens with zero attached hydrogens (tertiary/aromatic N) is 2. The van der Waals surface area contributed by atoms with Crippen molar-refractivity contribution in [2.75, 3.05) is 0 Å². The molecule has 1 saturated carbocycles. The Bertz CT molecular complexity index is 812. The number of hydrogen-bond acceptors (Lipinski definition) is 4. The van der Waals surface area contributed by atoms with E-state index >= 15 is 0 Å². The Kier molecular flexibility index (Phi) is 4.09. The summed E-state index contributed by atoms with van der Waals surface area (Å²) in [5.41, 5.74) is 2.48. The van der Waals surface area contributed by atoms with Gasteiger partial charge in [-0.15, -0.1) is 11.3 Å². The molecule has 0 N–H and O–H groups in total. The lowest BCUT2D eigenvalue weighted by atomic mass is 9.86. The van der Waals surface area contributed by atoms with Gasteiger partial charge >= 0.3 is 0 Å². The molecule has 2 aromatic rings. The molecule has 0 saturated heterocycles. The van der Waals surface area contributed by atoms with Crippen molar-refractivity contribution < 1.29 is 4.74 Å². The maximum absolute atomic E-state index is 6.49. The Morgan fingerprint density at radius 2 is 1.92 bits per heavy atom. The van der Waals surface area contributed by atoms with Crippen LogP contribution in [0.2, 0.25) is 0 Å². The molecule has 1 aromatic carbocycles. The van der Waals surface area contributed by atoms with Crippen molar-refractivity contribution in [3.63, 3.8) is 0 Å². The Hall–Kier alpha value is -1.33. The number of benzene rings is 1. The first kappa shape index (κ1) is 15.9. The van der Waals surface area contributed by atoms with Crippen LogP contribution in [-0.2, 0) is 0 Å². The maximum atomic E-state index is 6.49. The predicted molar refractivity (Wildman–Crippen MR) is 105 cm³/mol. The Morgan fingerprint density at radius 3 is 2.72 bits per heavy atom. The number of rotatable bonds is 2. The van der Waals surface area contributed by atoms with E-state index < -0.39 is 0 Å². The number of hydrogen-bond donors (Lipinski definition) is 0. The molecule has 0 spiro atoms. The third-order valence-electron chi connectivity index (χ3n) is 5.64. The van der Waals surface area contributed by atoms with E-state index in [1.54, 1.807) is 11.3 Å². The van der Waals surface area contributed by atoms with E-state index in [2.05, 4.69) is 57.3 Å². The lowest BCUT2D eigenvalue weighted by Gasteiger charge is -2.42. The Morgan fingerprint density at radius 1 is 1.08 bits per heavy atom. The van der Waals surface area contributed by atoms with Gasteiger partial charge in [-0.2, -0.15) is 5.10 Å². The summed E-state index contributed by atoms with van der Waals surface area (Å²) in [5, 5.41) is 7.34. The van der Waals surface area contributed by atoms with Crippen molar-refractivity contribution in [1.82, 2.24) is 5.01 Å². The minimum absolute atomic E-state index is 0.0844. The third kappa shape index (κ3) is 2.81. The molecule has 0 bridgehead atoms. The van der Waals surface area contributed by atoms with Crippen molar-refractivity contribution >= 4 is 33.0 Å². The van der Waals surface area contributed by atoms with Gasteiger partial charge in [0.25, 0.3) is 0 Å². The van der Waals surface area contributed by atoms with Crippen LogP contribution in [0.3, 0.4) is 0 Å². The van der Waals surface area contributed by atoms with Crippen LogP contribution in [0.15, 0.2) is 45.3 Å². The van der Waals surface area contributed by atoms with E-state index in [0.29, 0.717) is 12.0 Å². The van der Waals surface area contributed by atoms with Crippen LogP contribution < -0.4 is 4.74 Å². The Balaban J connectivity index is 1.53. The second-order valence-corrected chi connectivity index (χ2v) is 9.66. The SMILES string of the molecule is Brc1ccc(C2=NN3[C@H](C2)c2ccccc2O[C@@H]3C2CCCCC2)s1. The molecular weight excluding hydrogens is 396 g/mol. The van der Waals surface area contributed by atoms with Crippen molar-refractivity contribution in [3.8, 4) is 5.75 Å². The van der Waals surface area contributed by atoms with Crippen LogP contribution in [0.1, 0.15) is 55.0 Å². The monoisotopic (exact) mass is 416 g/mol. The topological polar surface area (TPSA) is 24.8 Å². The first-order valence-electron chi connectivity index (χ1n) is 9.17. The molecule has 5 rings (SSSR count). The van der Waals surface area contributed by atoms with Crippen LogP contribution in [0.5, 0.6) is 5.75 Å². The molecule has 3 aliphatic rings. The van der Waals surface area contributed by atoms with E-state index in [1.807, 2.05) is 0 Å². The van der Waals surface area contributed by atoms with Crippen molar-refractivity contribution in [3.05, 3.63) is 50.6 Å². The number of halogens is 1. The zero-order chi connectivity index (χ0) is 16.8. The van der Waals surface area contributed by atoms with Crippen molar-refractivity contribution in [1.29, 1.82) is 0 Å². The standard InChI is InChI=1S/C20H21BrN2OS/c21-19-11-10-18(25-19)15-12-16-14-8-4-5-9-17(14)24-20(23(16)22-15)13-6-2-1-3-7-13/h4-5,8-11,13,16,20H,1-3,6-7,12H2/t16-,20-/m1/s1.